The Hall–Kier alpha value is -2.05. The molecule has 0 unspecified atom stereocenters. The number of nitriles is 1. The van der Waals surface area contributed by atoms with Gasteiger partial charge in [-0.05, 0) is 54.3 Å². The number of hydrogen-bond donors (Lipinski definition) is 0. The summed E-state index contributed by atoms with van der Waals surface area (Å²) in [5.74, 6) is 0. The van der Waals surface area contributed by atoms with Crippen LogP contribution in [0.3, 0.4) is 0 Å². The maximum atomic E-state index is 9.25. The van der Waals surface area contributed by atoms with Crippen molar-refractivity contribution < 1.29 is 4.65 Å². The molecule has 0 radical (unpaired) electrons. The molecule has 0 aliphatic carbocycles. The molecule has 0 atom stereocenters. The molecule has 2 aromatic rings. The van der Waals surface area contributed by atoms with E-state index in [4.69, 9.17) is 4.65 Å². The minimum Gasteiger partial charge on any atom is -0.426 e. The van der Waals surface area contributed by atoms with Crippen molar-refractivity contribution in [1.82, 2.24) is 0 Å². The fourth-order valence-electron chi connectivity index (χ4n) is 3.21. The Balaban J connectivity index is 2.09. The van der Waals surface area contributed by atoms with Crippen LogP contribution in [0.2, 0.25) is 6.32 Å². The first-order valence-electron chi connectivity index (χ1n) is 8.11. The van der Waals surface area contributed by atoms with E-state index in [0.717, 1.165) is 17.4 Å². The lowest BCUT2D eigenvalue weighted by Crippen LogP contribution is -2.36. The Morgan fingerprint density at radius 2 is 1.74 bits per heavy atom. The number of hydrogen-bond acceptors (Lipinski definition) is 2. The lowest BCUT2D eigenvalue weighted by Gasteiger charge is -2.34. The van der Waals surface area contributed by atoms with Gasteiger partial charge in [0, 0.05) is 0 Å². The van der Waals surface area contributed by atoms with Crippen molar-refractivity contribution >= 4 is 12.4 Å². The molecule has 1 fully saturated rings. The minimum atomic E-state index is -0.167. The second-order valence-electron chi connectivity index (χ2n) is 7.48. The Labute approximate surface area is 139 Å². The Kier molecular flexibility index (Phi) is 3.82. The van der Waals surface area contributed by atoms with Crippen LogP contribution in [-0.2, 0) is 4.65 Å². The van der Waals surface area contributed by atoms with Crippen LogP contribution in [0.4, 0.5) is 0 Å². The van der Waals surface area contributed by atoms with E-state index >= 15 is 0 Å². The normalized spacial score (nSPS) is 18.7. The predicted octanol–water partition coefficient (Wildman–Crippen LogP) is 4.26. The van der Waals surface area contributed by atoms with Crippen LogP contribution in [0.15, 0.2) is 48.5 Å². The van der Waals surface area contributed by atoms with Crippen LogP contribution in [0.1, 0.15) is 33.3 Å². The van der Waals surface area contributed by atoms with Crippen LogP contribution < -0.4 is 5.46 Å². The van der Waals surface area contributed by atoms with Gasteiger partial charge in [0.1, 0.15) is 0 Å². The highest BCUT2D eigenvalue weighted by atomic mass is 16.5. The summed E-state index contributed by atoms with van der Waals surface area (Å²) in [4.78, 5) is 0. The highest BCUT2D eigenvalue weighted by molar-refractivity contribution is 6.69. The summed E-state index contributed by atoms with van der Waals surface area (Å²) in [7, 11) is 0. The third-order valence-corrected chi connectivity index (χ3v) is 5.38. The van der Waals surface area contributed by atoms with Gasteiger partial charge >= 0.3 is 6.92 Å². The SMILES string of the molecule is CC1(C)CB(c2ccc(C#N)cc2-c2ccccc2)OC1(C)C. The van der Waals surface area contributed by atoms with Gasteiger partial charge in [-0.1, -0.05) is 50.2 Å². The molecular formula is C20H22BNO. The molecule has 0 bridgehead atoms. The van der Waals surface area contributed by atoms with Crippen LogP contribution in [-0.4, -0.2) is 12.5 Å². The molecule has 0 saturated carbocycles. The smallest absolute Gasteiger partial charge is 0.328 e. The highest BCUT2D eigenvalue weighted by Crippen LogP contribution is 2.45. The van der Waals surface area contributed by atoms with Gasteiger partial charge in [0.2, 0.25) is 0 Å². The quantitative estimate of drug-likeness (QED) is 0.777. The molecule has 2 aromatic carbocycles. The van der Waals surface area contributed by atoms with Gasteiger partial charge in [-0.15, -0.1) is 0 Å². The molecule has 0 spiro atoms. The topological polar surface area (TPSA) is 33.0 Å². The molecule has 0 aromatic heterocycles. The van der Waals surface area contributed by atoms with Crippen molar-refractivity contribution in [2.75, 3.05) is 0 Å². The van der Waals surface area contributed by atoms with E-state index in [2.05, 4.69) is 52.0 Å². The van der Waals surface area contributed by atoms with E-state index in [9.17, 15) is 5.26 Å². The fourth-order valence-corrected chi connectivity index (χ4v) is 3.21. The Bertz CT molecular complexity index is 743. The average molecular weight is 303 g/mol. The minimum absolute atomic E-state index is 0.0583. The second kappa shape index (κ2) is 5.55. The largest absolute Gasteiger partial charge is 0.426 e. The zero-order valence-electron chi connectivity index (χ0n) is 14.3. The zero-order valence-corrected chi connectivity index (χ0v) is 14.3. The van der Waals surface area contributed by atoms with Gasteiger partial charge in [0.15, 0.2) is 0 Å². The first-order valence-corrected chi connectivity index (χ1v) is 8.11. The van der Waals surface area contributed by atoms with Crippen molar-refractivity contribution in [1.29, 1.82) is 5.26 Å². The van der Waals surface area contributed by atoms with E-state index in [1.807, 2.05) is 30.3 Å². The van der Waals surface area contributed by atoms with E-state index in [1.165, 1.54) is 5.46 Å². The van der Waals surface area contributed by atoms with Crippen LogP contribution in [0.5, 0.6) is 0 Å². The van der Waals surface area contributed by atoms with Crippen LogP contribution >= 0.6 is 0 Å². The number of nitrogens with zero attached hydrogens (tertiary/aromatic N) is 1. The van der Waals surface area contributed by atoms with E-state index < -0.39 is 0 Å². The van der Waals surface area contributed by atoms with Gasteiger partial charge in [-0.25, -0.2) is 0 Å². The van der Waals surface area contributed by atoms with E-state index in [1.54, 1.807) is 0 Å². The molecular weight excluding hydrogens is 281 g/mol. The summed E-state index contributed by atoms with van der Waals surface area (Å²) in [6.45, 7) is 8.91. The molecule has 1 aliphatic rings. The zero-order chi connectivity index (χ0) is 16.7. The maximum Gasteiger partial charge on any atom is 0.328 e. The van der Waals surface area contributed by atoms with Gasteiger partial charge in [0.25, 0.3) is 0 Å². The fraction of sp³-hybridized carbons (Fsp3) is 0.350. The Morgan fingerprint density at radius 3 is 2.30 bits per heavy atom. The van der Waals surface area contributed by atoms with Gasteiger partial charge < -0.3 is 4.65 Å². The molecule has 0 amide bonds. The monoisotopic (exact) mass is 303 g/mol. The lowest BCUT2D eigenvalue weighted by molar-refractivity contribution is 0.0375. The summed E-state index contributed by atoms with van der Waals surface area (Å²) < 4.78 is 6.40. The molecule has 1 heterocycles. The molecule has 2 nitrogen and oxygen atoms in total. The lowest BCUT2D eigenvalue weighted by atomic mass is 9.53. The Morgan fingerprint density at radius 1 is 1.04 bits per heavy atom. The first kappa shape index (κ1) is 15.8. The van der Waals surface area contributed by atoms with Gasteiger partial charge in [0.05, 0.1) is 17.2 Å². The van der Waals surface area contributed by atoms with Gasteiger partial charge in [-0.2, -0.15) is 5.26 Å². The summed E-state index contributed by atoms with van der Waals surface area (Å²) in [6, 6.07) is 18.4. The summed E-state index contributed by atoms with van der Waals surface area (Å²) in [6.07, 6.45) is 0.978. The van der Waals surface area contributed by atoms with Crippen molar-refractivity contribution in [2.45, 2.75) is 39.6 Å². The van der Waals surface area contributed by atoms with Crippen molar-refractivity contribution in [2.24, 2.45) is 5.41 Å². The average Bonchev–Trinajstić information content (AvgIpc) is 2.75. The van der Waals surface area contributed by atoms with E-state index in [-0.39, 0.29) is 17.9 Å². The molecule has 3 rings (SSSR count). The number of rotatable bonds is 2. The second-order valence-corrected chi connectivity index (χ2v) is 7.48. The van der Waals surface area contributed by atoms with Crippen molar-refractivity contribution in [3.63, 3.8) is 0 Å². The standard InChI is InChI=1S/C20H22BNO/c1-19(2)14-21(23-20(19,3)4)18-11-10-15(13-22)12-17(18)16-8-6-5-7-9-16/h5-12H,14H2,1-4H3. The number of benzene rings is 2. The molecule has 23 heavy (non-hydrogen) atoms. The van der Waals surface area contributed by atoms with Crippen LogP contribution in [0, 0.1) is 16.7 Å². The van der Waals surface area contributed by atoms with E-state index in [0.29, 0.717) is 5.56 Å². The third kappa shape index (κ3) is 2.80. The van der Waals surface area contributed by atoms with Crippen molar-refractivity contribution in [3.8, 4) is 17.2 Å². The molecule has 1 aliphatic heterocycles. The summed E-state index contributed by atoms with van der Waals surface area (Å²) in [5, 5.41) is 9.25. The van der Waals surface area contributed by atoms with Gasteiger partial charge in [-0.3, -0.25) is 0 Å². The summed E-state index contributed by atoms with van der Waals surface area (Å²) >= 11 is 0. The summed E-state index contributed by atoms with van der Waals surface area (Å²) in [5.41, 5.74) is 4.03. The molecule has 116 valence electrons. The first-order chi connectivity index (χ1) is 10.8. The highest BCUT2D eigenvalue weighted by Gasteiger charge is 2.50. The molecule has 3 heteroatoms. The predicted molar refractivity (Wildman–Crippen MR) is 95.7 cm³/mol. The maximum absolute atomic E-state index is 9.25. The molecule has 1 saturated heterocycles. The molecule has 0 N–H and O–H groups in total. The third-order valence-electron chi connectivity index (χ3n) is 5.38. The van der Waals surface area contributed by atoms with Crippen molar-refractivity contribution in [3.05, 3.63) is 54.1 Å². The van der Waals surface area contributed by atoms with Crippen LogP contribution in [0.25, 0.3) is 11.1 Å².